The van der Waals surface area contributed by atoms with Crippen LogP contribution >= 0.6 is 0 Å². The van der Waals surface area contributed by atoms with Crippen LogP contribution < -0.4 is 20.9 Å². The highest BCUT2D eigenvalue weighted by atomic mass is 16.2. The van der Waals surface area contributed by atoms with Gasteiger partial charge in [0.1, 0.15) is 5.92 Å². The number of nitrogens with one attached hydrogen (secondary N) is 3. The summed E-state index contributed by atoms with van der Waals surface area (Å²) in [7, 11) is 3.90. The van der Waals surface area contributed by atoms with E-state index in [1.165, 1.54) is 13.0 Å². The van der Waals surface area contributed by atoms with Crippen LogP contribution in [0.1, 0.15) is 44.4 Å². The quantitative estimate of drug-likeness (QED) is 0.232. The summed E-state index contributed by atoms with van der Waals surface area (Å²) >= 11 is 0. The summed E-state index contributed by atoms with van der Waals surface area (Å²) in [6.07, 6.45) is 2.98. The molecular formula is C30H36N4O5. The molecule has 2 aromatic rings. The van der Waals surface area contributed by atoms with E-state index in [1.54, 1.807) is 19.9 Å². The van der Waals surface area contributed by atoms with Crippen molar-refractivity contribution in [3.05, 3.63) is 71.8 Å². The number of ketones is 1. The lowest BCUT2D eigenvalue weighted by Gasteiger charge is -2.25. The molecule has 4 amide bonds. The molecule has 1 aliphatic heterocycles. The van der Waals surface area contributed by atoms with Gasteiger partial charge >= 0.3 is 0 Å². The minimum Gasteiger partial charge on any atom is -0.378 e. The zero-order chi connectivity index (χ0) is 28.7. The van der Waals surface area contributed by atoms with E-state index in [2.05, 4.69) is 16.0 Å². The van der Waals surface area contributed by atoms with Gasteiger partial charge in [-0.05, 0) is 35.3 Å². The zero-order valence-electron chi connectivity index (χ0n) is 22.9. The average Bonchev–Trinajstić information content (AvgIpc) is 3.16. The minimum atomic E-state index is -1.15. The predicted octanol–water partition coefficient (Wildman–Crippen LogP) is 2.63. The molecule has 39 heavy (non-hydrogen) atoms. The van der Waals surface area contributed by atoms with Crippen molar-refractivity contribution in [1.29, 1.82) is 0 Å². The Morgan fingerprint density at radius 1 is 0.949 bits per heavy atom. The van der Waals surface area contributed by atoms with Gasteiger partial charge in [-0.3, -0.25) is 29.3 Å². The van der Waals surface area contributed by atoms with E-state index in [0.717, 1.165) is 16.8 Å². The van der Waals surface area contributed by atoms with E-state index in [0.29, 0.717) is 0 Å². The van der Waals surface area contributed by atoms with Crippen molar-refractivity contribution < 1.29 is 24.0 Å². The molecule has 2 aromatic carbocycles. The number of hydrogen-bond donors (Lipinski definition) is 3. The van der Waals surface area contributed by atoms with Gasteiger partial charge in [-0.15, -0.1) is 0 Å². The molecule has 0 aromatic heterocycles. The lowest BCUT2D eigenvalue weighted by Crippen LogP contribution is -2.49. The van der Waals surface area contributed by atoms with E-state index in [9.17, 15) is 24.0 Å². The van der Waals surface area contributed by atoms with Gasteiger partial charge in [0.05, 0.1) is 24.4 Å². The van der Waals surface area contributed by atoms with Gasteiger partial charge in [-0.1, -0.05) is 63.2 Å². The van der Waals surface area contributed by atoms with Crippen molar-refractivity contribution in [1.82, 2.24) is 16.0 Å². The molecule has 0 radical (unpaired) electrons. The van der Waals surface area contributed by atoms with Crippen LogP contribution in [0.4, 0.5) is 5.69 Å². The van der Waals surface area contributed by atoms with E-state index >= 15 is 0 Å². The number of Topliss-reactive ketones (excluding diaryl/α,β-unsaturated/α-hetero) is 1. The molecular weight excluding hydrogens is 496 g/mol. The highest BCUT2D eigenvalue weighted by Gasteiger charge is 2.46. The standard InChI is InChI=1S/C30H36N4O5/c1-18(2)27(28(37)26-19(3)29(38)33-30(26)39)32-25(36)17-23(21-9-7-6-8-10-21)31-24(35)16-13-20-11-14-22(15-12-20)34(4)5/h6-16,18-19,23,26-27H,17H2,1-5H3,(H,31,35)(H,32,36)(H,33,38,39)/b16-13+/t19-,23-,26+,27-/m0/s1. The molecule has 206 valence electrons. The largest absolute Gasteiger partial charge is 0.378 e. The summed E-state index contributed by atoms with van der Waals surface area (Å²) in [5, 5.41) is 7.81. The van der Waals surface area contributed by atoms with E-state index in [-0.39, 0.29) is 18.2 Å². The molecule has 0 saturated carbocycles. The number of carbonyl (C=O) groups is 5. The highest BCUT2D eigenvalue weighted by Crippen LogP contribution is 2.24. The predicted molar refractivity (Wildman–Crippen MR) is 149 cm³/mol. The van der Waals surface area contributed by atoms with E-state index in [1.807, 2.05) is 73.6 Å². The van der Waals surface area contributed by atoms with Crippen LogP contribution in [0.25, 0.3) is 6.08 Å². The molecule has 1 saturated heterocycles. The fourth-order valence-corrected chi connectivity index (χ4v) is 4.46. The van der Waals surface area contributed by atoms with Gasteiger partial charge in [0, 0.05) is 25.9 Å². The molecule has 1 heterocycles. The van der Waals surface area contributed by atoms with Crippen molar-refractivity contribution in [2.24, 2.45) is 17.8 Å². The van der Waals surface area contributed by atoms with Crippen LogP contribution in [-0.4, -0.2) is 49.5 Å². The van der Waals surface area contributed by atoms with Gasteiger partial charge in [-0.2, -0.15) is 0 Å². The number of benzene rings is 2. The van der Waals surface area contributed by atoms with Gasteiger partial charge in [0.25, 0.3) is 0 Å². The number of carbonyl (C=O) groups excluding carboxylic acids is 5. The molecule has 0 unspecified atom stereocenters. The van der Waals surface area contributed by atoms with Gasteiger partial charge in [0.15, 0.2) is 5.78 Å². The second kappa shape index (κ2) is 13.0. The molecule has 0 bridgehead atoms. The monoisotopic (exact) mass is 532 g/mol. The third-order valence-electron chi connectivity index (χ3n) is 6.78. The Bertz CT molecular complexity index is 1240. The number of amides is 4. The Labute approximate surface area is 229 Å². The lowest BCUT2D eigenvalue weighted by atomic mass is 9.85. The van der Waals surface area contributed by atoms with Crippen molar-refractivity contribution in [3.63, 3.8) is 0 Å². The summed E-state index contributed by atoms with van der Waals surface area (Å²) in [5.41, 5.74) is 2.62. The number of anilines is 1. The van der Waals surface area contributed by atoms with Crippen molar-refractivity contribution >= 4 is 41.2 Å². The summed E-state index contributed by atoms with van der Waals surface area (Å²) in [6, 6.07) is 15.2. The maximum atomic E-state index is 13.2. The Morgan fingerprint density at radius 2 is 1.59 bits per heavy atom. The summed E-state index contributed by atoms with van der Waals surface area (Å²) in [6.45, 7) is 5.04. The third-order valence-corrected chi connectivity index (χ3v) is 6.78. The topological polar surface area (TPSA) is 125 Å². The number of hydrogen-bond acceptors (Lipinski definition) is 6. The average molecular weight is 533 g/mol. The molecule has 9 heteroatoms. The molecule has 3 rings (SSSR count). The highest BCUT2D eigenvalue weighted by molar-refractivity contribution is 6.16. The fourth-order valence-electron chi connectivity index (χ4n) is 4.46. The second-order valence-corrected chi connectivity index (χ2v) is 10.3. The maximum Gasteiger partial charge on any atom is 0.244 e. The first-order valence-electron chi connectivity index (χ1n) is 13.0. The Balaban J connectivity index is 1.71. The smallest absolute Gasteiger partial charge is 0.244 e. The summed E-state index contributed by atoms with van der Waals surface area (Å²) in [5.74, 6) is -4.74. The van der Waals surface area contributed by atoms with Crippen LogP contribution in [-0.2, 0) is 24.0 Å². The summed E-state index contributed by atoms with van der Waals surface area (Å²) in [4.78, 5) is 65.2. The maximum absolute atomic E-state index is 13.2. The van der Waals surface area contributed by atoms with Crippen molar-refractivity contribution in [2.75, 3.05) is 19.0 Å². The molecule has 3 N–H and O–H groups in total. The van der Waals surface area contributed by atoms with Crippen LogP contribution in [0.2, 0.25) is 0 Å². The lowest BCUT2D eigenvalue weighted by molar-refractivity contribution is -0.137. The van der Waals surface area contributed by atoms with Crippen LogP contribution in [0.3, 0.4) is 0 Å². The normalized spacial score (nSPS) is 18.5. The molecule has 1 fully saturated rings. The first kappa shape index (κ1) is 29.3. The Morgan fingerprint density at radius 3 is 2.13 bits per heavy atom. The first-order chi connectivity index (χ1) is 18.5. The summed E-state index contributed by atoms with van der Waals surface area (Å²) < 4.78 is 0. The number of rotatable bonds is 11. The second-order valence-electron chi connectivity index (χ2n) is 10.3. The van der Waals surface area contributed by atoms with E-state index in [4.69, 9.17) is 0 Å². The van der Waals surface area contributed by atoms with Gasteiger partial charge in [-0.25, -0.2) is 0 Å². The molecule has 9 nitrogen and oxygen atoms in total. The first-order valence-corrected chi connectivity index (χ1v) is 13.0. The zero-order valence-corrected chi connectivity index (χ0v) is 22.9. The Hall–Kier alpha value is -4.27. The van der Waals surface area contributed by atoms with Crippen LogP contribution in [0, 0.1) is 17.8 Å². The SMILES string of the molecule is CC(C)[C@H](NC(=O)C[C@H](NC(=O)/C=C/c1ccc(N(C)C)cc1)c1ccccc1)C(=O)[C@@H]1C(=O)NC(=O)[C@H]1C. The van der Waals surface area contributed by atoms with Gasteiger partial charge < -0.3 is 15.5 Å². The number of imide groups is 1. The number of nitrogens with zero attached hydrogens (tertiary/aromatic N) is 1. The molecule has 0 aliphatic carbocycles. The van der Waals surface area contributed by atoms with Gasteiger partial charge in [0.2, 0.25) is 23.6 Å². The Kier molecular flexibility index (Phi) is 9.76. The van der Waals surface area contributed by atoms with Crippen molar-refractivity contribution in [2.45, 2.75) is 39.3 Å². The molecule has 1 aliphatic rings. The van der Waals surface area contributed by atoms with Crippen LogP contribution in [0.5, 0.6) is 0 Å². The minimum absolute atomic E-state index is 0.122. The van der Waals surface area contributed by atoms with Crippen molar-refractivity contribution in [3.8, 4) is 0 Å². The molecule has 0 spiro atoms. The fraction of sp³-hybridized carbons (Fsp3) is 0.367. The third kappa shape index (κ3) is 7.63. The molecule has 4 atom stereocenters. The van der Waals surface area contributed by atoms with Crippen LogP contribution in [0.15, 0.2) is 60.7 Å². The van der Waals surface area contributed by atoms with E-state index < -0.39 is 47.4 Å².